The van der Waals surface area contributed by atoms with E-state index in [1.54, 1.807) is 18.3 Å². The minimum Gasteiger partial charge on any atom is -0.491 e. The van der Waals surface area contributed by atoms with Gasteiger partial charge in [-0.2, -0.15) is 0 Å². The van der Waals surface area contributed by atoms with E-state index in [9.17, 15) is 22.4 Å². The Balaban J connectivity index is 1.67. The molecular formula is C23H26FN5O5S3. The van der Waals surface area contributed by atoms with E-state index in [0.29, 0.717) is 21.5 Å². The van der Waals surface area contributed by atoms with Crippen molar-refractivity contribution >= 4 is 55.8 Å². The standard InChI is InChI=1S/C23H26FN5O5S3/c1-14(2)13-34-18-10-15(24)7-8-16(18)27-19(30)11-20(31)29-23-28-17(12-26-37(3,32)33)22(36-23)35-21-6-4-5-9-25-21/h4-10,14,26H,11-13H2,1-3H3,(H,27,30)(H,28,29,31). The predicted octanol–water partition coefficient (Wildman–Crippen LogP) is 3.88. The van der Waals surface area contributed by atoms with Crippen molar-refractivity contribution in [2.75, 3.05) is 23.5 Å². The summed E-state index contributed by atoms with van der Waals surface area (Å²) in [5.74, 6) is -1.42. The first-order chi connectivity index (χ1) is 17.5. The van der Waals surface area contributed by atoms with E-state index in [0.717, 1.165) is 17.6 Å². The average Bonchev–Trinajstić information content (AvgIpc) is 3.18. The number of anilines is 2. The van der Waals surface area contributed by atoms with Crippen LogP contribution < -0.4 is 20.1 Å². The zero-order valence-corrected chi connectivity index (χ0v) is 22.7. The molecule has 0 aliphatic carbocycles. The summed E-state index contributed by atoms with van der Waals surface area (Å²) in [7, 11) is -3.47. The number of nitrogens with zero attached hydrogens (tertiary/aromatic N) is 2. The van der Waals surface area contributed by atoms with Crippen molar-refractivity contribution in [3.63, 3.8) is 0 Å². The maximum atomic E-state index is 13.6. The molecule has 0 aliphatic rings. The molecule has 2 aromatic heterocycles. The molecule has 37 heavy (non-hydrogen) atoms. The van der Waals surface area contributed by atoms with Crippen LogP contribution in [0.15, 0.2) is 51.8 Å². The lowest BCUT2D eigenvalue weighted by molar-refractivity contribution is -0.123. The third kappa shape index (κ3) is 9.72. The molecule has 198 valence electrons. The summed E-state index contributed by atoms with van der Waals surface area (Å²) in [4.78, 5) is 33.6. The van der Waals surface area contributed by atoms with E-state index in [-0.39, 0.29) is 29.0 Å². The molecule has 2 heterocycles. The molecule has 1 aromatic carbocycles. The van der Waals surface area contributed by atoms with Gasteiger partial charge in [-0.3, -0.25) is 9.59 Å². The number of thiazole rings is 1. The minimum absolute atomic E-state index is 0.0788. The molecule has 0 saturated carbocycles. The topological polar surface area (TPSA) is 139 Å². The van der Waals surface area contributed by atoms with Gasteiger partial charge in [-0.15, -0.1) is 0 Å². The van der Waals surface area contributed by atoms with Crippen LogP contribution in [0.4, 0.5) is 15.2 Å². The van der Waals surface area contributed by atoms with Gasteiger partial charge in [-0.05, 0) is 30.2 Å². The molecule has 0 unspecified atom stereocenters. The van der Waals surface area contributed by atoms with Gasteiger partial charge in [0.2, 0.25) is 21.8 Å². The van der Waals surface area contributed by atoms with Gasteiger partial charge in [0, 0.05) is 12.3 Å². The zero-order chi connectivity index (χ0) is 27.0. The lowest BCUT2D eigenvalue weighted by atomic mass is 10.2. The number of halogens is 1. The Kier molecular flexibility index (Phi) is 9.97. The molecule has 0 aliphatic heterocycles. The van der Waals surface area contributed by atoms with Crippen LogP contribution in [0.5, 0.6) is 5.75 Å². The van der Waals surface area contributed by atoms with E-state index < -0.39 is 34.1 Å². The highest BCUT2D eigenvalue weighted by atomic mass is 32.2. The van der Waals surface area contributed by atoms with Gasteiger partial charge in [-0.25, -0.2) is 27.5 Å². The summed E-state index contributed by atoms with van der Waals surface area (Å²) in [5, 5.41) is 6.00. The molecule has 3 rings (SSSR count). The van der Waals surface area contributed by atoms with E-state index >= 15 is 0 Å². The Hall–Kier alpha value is -3.07. The van der Waals surface area contributed by atoms with E-state index in [4.69, 9.17) is 4.74 Å². The number of amides is 2. The second-order valence-corrected chi connectivity index (χ2v) is 12.4. The van der Waals surface area contributed by atoms with Crippen molar-refractivity contribution in [2.24, 2.45) is 5.92 Å². The third-order valence-corrected chi connectivity index (χ3v) is 7.20. The fraction of sp³-hybridized carbons (Fsp3) is 0.304. The van der Waals surface area contributed by atoms with Crippen LogP contribution in [0.2, 0.25) is 0 Å². The molecule has 0 radical (unpaired) electrons. The van der Waals surface area contributed by atoms with Gasteiger partial charge in [0.15, 0.2) is 5.13 Å². The molecule has 3 N–H and O–H groups in total. The number of hydrogen-bond acceptors (Lipinski definition) is 9. The number of carbonyl (C=O) groups excluding carboxylic acids is 2. The van der Waals surface area contributed by atoms with E-state index in [1.165, 1.54) is 30.0 Å². The Morgan fingerprint density at radius 2 is 1.92 bits per heavy atom. The second kappa shape index (κ2) is 12.9. The van der Waals surface area contributed by atoms with Crippen molar-refractivity contribution in [1.82, 2.24) is 14.7 Å². The molecule has 0 atom stereocenters. The first-order valence-electron chi connectivity index (χ1n) is 11.0. The molecule has 3 aromatic rings. The highest BCUT2D eigenvalue weighted by molar-refractivity contribution is 8.01. The van der Waals surface area contributed by atoms with Crippen LogP contribution in [0.25, 0.3) is 0 Å². The van der Waals surface area contributed by atoms with Crippen molar-refractivity contribution in [3.8, 4) is 5.75 Å². The Bertz CT molecular complexity index is 1350. The number of sulfonamides is 1. The van der Waals surface area contributed by atoms with Crippen LogP contribution >= 0.6 is 23.1 Å². The molecule has 0 bridgehead atoms. The van der Waals surface area contributed by atoms with Crippen molar-refractivity contribution in [2.45, 2.75) is 36.0 Å². The Morgan fingerprint density at radius 1 is 1.16 bits per heavy atom. The summed E-state index contributed by atoms with van der Waals surface area (Å²) in [5.41, 5.74) is 0.654. The normalized spacial score (nSPS) is 11.4. The van der Waals surface area contributed by atoms with E-state index in [1.807, 2.05) is 19.9 Å². The maximum Gasteiger partial charge on any atom is 0.235 e. The molecule has 0 spiro atoms. The molecule has 14 heteroatoms. The van der Waals surface area contributed by atoms with Gasteiger partial charge < -0.3 is 15.4 Å². The van der Waals surface area contributed by atoms with Crippen molar-refractivity contribution < 1.29 is 27.1 Å². The SMILES string of the molecule is CC(C)COc1cc(F)ccc1NC(=O)CC(=O)Nc1nc(CNS(C)(=O)=O)c(Sc2ccccn2)s1. The van der Waals surface area contributed by atoms with Gasteiger partial charge in [-0.1, -0.05) is 43.0 Å². The lowest BCUT2D eigenvalue weighted by Gasteiger charge is -2.14. The predicted molar refractivity (Wildman–Crippen MR) is 141 cm³/mol. The molecule has 10 nitrogen and oxygen atoms in total. The number of pyridine rings is 1. The first kappa shape index (κ1) is 28.5. The van der Waals surface area contributed by atoms with Crippen LogP contribution in [0.1, 0.15) is 26.0 Å². The van der Waals surface area contributed by atoms with Crippen LogP contribution in [-0.4, -0.2) is 43.1 Å². The minimum atomic E-state index is -3.47. The maximum absolute atomic E-state index is 13.6. The van der Waals surface area contributed by atoms with Gasteiger partial charge in [0.05, 0.1) is 35.0 Å². The van der Waals surface area contributed by atoms with Gasteiger partial charge in [0.25, 0.3) is 0 Å². The second-order valence-electron chi connectivity index (χ2n) is 8.23. The number of nitrogens with one attached hydrogen (secondary N) is 3. The summed E-state index contributed by atoms with van der Waals surface area (Å²) >= 11 is 2.40. The fourth-order valence-corrected chi connectivity index (χ4v) is 5.24. The van der Waals surface area contributed by atoms with Gasteiger partial charge >= 0.3 is 0 Å². The summed E-state index contributed by atoms with van der Waals surface area (Å²) in [6.07, 6.45) is 2.13. The van der Waals surface area contributed by atoms with Crippen LogP contribution in [-0.2, 0) is 26.2 Å². The third-order valence-electron chi connectivity index (χ3n) is 4.36. The fourth-order valence-electron chi connectivity index (χ4n) is 2.76. The van der Waals surface area contributed by atoms with Crippen molar-refractivity contribution in [3.05, 3.63) is 54.1 Å². The summed E-state index contributed by atoms with van der Waals surface area (Å²) < 4.78 is 45.3. The number of carbonyl (C=O) groups is 2. The van der Waals surface area contributed by atoms with E-state index in [2.05, 4.69) is 25.3 Å². The molecule has 0 fully saturated rings. The molecule has 0 saturated heterocycles. The zero-order valence-electron chi connectivity index (χ0n) is 20.3. The molecule has 2 amide bonds. The number of hydrogen-bond donors (Lipinski definition) is 3. The van der Waals surface area contributed by atoms with Crippen LogP contribution in [0, 0.1) is 11.7 Å². The smallest absolute Gasteiger partial charge is 0.235 e. The first-order valence-corrected chi connectivity index (χ1v) is 14.6. The molecular weight excluding hydrogens is 541 g/mol. The number of ether oxygens (including phenoxy) is 1. The lowest BCUT2D eigenvalue weighted by Crippen LogP contribution is -2.22. The highest BCUT2D eigenvalue weighted by Crippen LogP contribution is 2.36. The monoisotopic (exact) mass is 567 g/mol. The van der Waals surface area contributed by atoms with Crippen molar-refractivity contribution in [1.29, 1.82) is 0 Å². The Morgan fingerprint density at radius 3 is 2.59 bits per heavy atom. The van der Waals surface area contributed by atoms with Gasteiger partial charge in [0.1, 0.15) is 23.0 Å². The summed E-state index contributed by atoms with van der Waals surface area (Å²) in [6, 6.07) is 9.08. The number of aromatic nitrogens is 2. The average molecular weight is 568 g/mol. The highest BCUT2D eigenvalue weighted by Gasteiger charge is 2.18. The largest absolute Gasteiger partial charge is 0.491 e. The summed E-state index contributed by atoms with van der Waals surface area (Å²) in [6.45, 7) is 4.11. The number of benzene rings is 1. The van der Waals surface area contributed by atoms with Crippen LogP contribution in [0.3, 0.4) is 0 Å². The number of rotatable bonds is 12. The Labute approximate surface area is 222 Å². The quantitative estimate of drug-likeness (QED) is 0.280.